The zero-order valence-corrected chi connectivity index (χ0v) is 12.3. The first kappa shape index (κ1) is 16.7. The maximum Gasteiger partial charge on any atom is 0.331 e. The van der Waals surface area contributed by atoms with Crippen molar-refractivity contribution in [2.75, 3.05) is 0 Å². The molecule has 0 heterocycles. The molecule has 4 nitrogen and oxygen atoms in total. The Labute approximate surface area is 121 Å². The summed E-state index contributed by atoms with van der Waals surface area (Å²) < 4.78 is 5.41. The topological polar surface area (TPSA) is 69.4 Å². The maximum atomic E-state index is 11.6. The smallest absolute Gasteiger partial charge is 0.331 e. The fraction of sp³-hybridized carbons (Fsp3) is 0.750. The lowest BCUT2D eigenvalue weighted by molar-refractivity contribution is -0.144. The lowest BCUT2D eigenvalue weighted by atomic mass is 9.99. The van der Waals surface area contributed by atoms with Crippen molar-refractivity contribution in [1.29, 1.82) is 0 Å². The molecular weight excluding hydrogens is 254 g/mol. The van der Waals surface area contributed by atoms with Crippen molar-refractivity contribution >= 4 is 11.9 Å². The number of rotatable bonds is 3. The zero-order chi connectivity index (χ0) is 14.6. The van der Waals surface area contributed by atoms with Crippen LogP contribution in [0, 0.1) is 0 Å². The third kappa shape index (κ3) is 8.73. The van der Waals surface area contributed by atoms with Crippen molar-refractivity contribution in [3.05, 3.63) is 12.2 Å². The average molecular weight is 281 g/mol. The molecule has 0 aromatic heterocycles. The highest BCUT2D eigenvalue weighted by Crippen LogP contribution is 2.18. The summed E-state index contributed by atoms with van der Waals surface area (Å²) in [6.07, 6.45) is 15.2. The molecule has 1 aliphatic carbocycles. The SMILES string of the molecule is NC(=O)/C=C\C(=O)OC1CCCCCCCCCCC1. The molecule has 1 saturated carbocycles. The summed E-state index contributed by atoms with van der Waals surface area (Å²) >= 11 is 0. The Kier molecular flexibility index (Phi) is 8.76. The highest BCUT2D eigenvalue weighted by atomic mass is 16.5. The quantitative estimate of drug-likeness (QED) is 0.637. The molecule has 0 saturated heterocycles. The number of ether oxygens (including phenoxy) is 1. The van der Waals surface area contributed by atoms with Gasteiger partial charge in [0.2, 0.25) is 5.91 Å². The zero-order valence-electron chi connectivity index (χ0n) is 12.3. The highest BCUT2D eigenvalue weighted by Gasteiger charge is 2.13. The second-order valence-corrected chi connectivity index (χ2v) is 5.55. The van der Waals surface area contributed by atoms with E-state index in [1.807, 2.05) is 0 Å². The number of hydrogen-bond acceptors (Lipinski definition) is 3. The van der Waals surface area contributed by atoms with Crippen molar-refractivity contribution in [3.63, 3.8) is 0 Å². The molecule has 1 fully saturated rings. The Morgan fingerprint density at radius 2 is 1.25 bits per heavy atom. The summed E-state index contributed by atoms with van der Waals surface area (Å²) in [4.78, 5) is 22.2. The normalized spacial score (nSPS) is 20.0. The van der Waals surface area contributed by atoms with E-state index in [9.17, 15) is 9.59 Å². The number of esters is 1. The van der Waals surface area contributed by atoms with Crippen LogP contribution in [-0.2, 0) is 14.3 Å². The van der Waals surface area contributed by atoms with E-state index in [1.54, 1.807) is 0 Å². The van der Waals surface area contributed by atoms with Crippen LogP contribution in [0.5, 0.6) is 0 Å². The van der Waals surface area contributed by atoms with Crippen LogP contribution in [-0.4, -0.2) is 18.0 Å². The number of amides is 1. The molecule has 0 spiro atoms. The molecule has 20 heavy (non-hydrogen) atoms. The van der Waals surface area contributed by atoms with Crippen LogP contribution in [0.15, 0.2) is 12.2 Å². The second-order valence-electron chi connectivity index (χ2n) is 5.55. The van der Waals surface area contributed by atoms with Gasteiger partial charge >= 0.3 is 5.97 Å². The van der Waals surface area contributed by atoms with Gasteiger partial charge in [0.05, 0.1) is 0 Å². The van der Waals surface area contributed by atoms with E-state index in [0.717, 1.165) is 37.8 Å². The Hall–Kier alpha value is -1.32. The minimum absolute atomic E-state index is 0.0144. The van der Waals surface area contributed by atoms with E-state index in [-0.39, 0.29) is 6.10 Å². The predicted octanol–water partition coefficient (Wildman–Crippen LogP) is 3.24. The van der Waals surface area contributed by atoms with Crippen LogP contribution < -0.4 is 5.73 Å². The molecule has 0 bridgehead atoms. The first-order valence-electron chi connectivity index (χ1n) is 7.86. The van der Waals surface area contributed by atoms with Crippen molar-refractivity contribution in [2.24, 2.45) is 5.73 Å². The van der Waals surface area contributed by atoms with Crippen LogP contribution in [0.2, 0.25) is 0 Å². The van der Waals surface area contributed by atoms with Gasteiger partial charge in [-0.05, 0) is 25.7 Å². The van der Waals surface area contributed by atoms with Gasteiger partial charge in [0.15, 0.2) is 0 Å². The maximum absolute atomic E-state index is 11.6. The largest absolute Gasteiger partial charge is 0.459 e. The molecule has 0 aromatic carbocycles. The Balaban J connectivity index is 2.37. The van der Waals surface area contributed by atoms with Gasteiger partial charge in [-0.25, -0.2) is 4.79 Å². The minimum Gasteiger partial charge on any atom is -0.459 e. The van der Waals surface area contributed by atoms with E-state index in [2.05, 4.69) is 0 Å². The molecular formula is C16H27NO3. The molecule has 0 aliphatic heterocycles. The number of carbonyl (C=O) groups excluding carboxylic acids is 2. The fourth-order valence-electron chi connectivity index (χ4n) is 2.60. The van der Waals surface area contributed by atoms with Crippen LogP contribution in [0.1, 0.15) is 70.6 Å². The van der Waals surface area contributed by atoms with Crippen molar-refractivity contribution < 1.29 is 14.3 Å². The Morgan fingerprint density at radius 1 is 0.800 bits per heavy atom. The second kappa shape index (κ2) is 10.5. The van der Waals surface area contributed by atoms with Gasteiger partial charge in [-0.3, -0.25) is 4.79 Å². The molecule has 114 valence electrons. The molecule has 2 N–H and O–H groups in total. The van der Waals surface area contributed by atoms with E-state index in [4.69, 9.17) is 10.5 Å². The van der Waals surface area contributed by atoms with Gasteiger partial charge in [-0.15, -0.1) is 0 Å². The molecule has 0 radical (unpaired) electrons. The molecule has 1 amide bonds. The summed E-state index contributed by atoms with van der Waals surface area (Å²) in [7, 11) is 0. The molecule has 0 atom stereocenters. The van der Waals surface area contributed by atoms with E-state index < -0.39 is 11.9 Å². The first-order valence-corrected chi connectivity index (χ1v) is 7.86. The summed E-state index contributed by atoms with van der Waals surface area (Å²) in [5, 5.41) is 0. The molecule has 4 heteroatoms. The summed E-state index contributed by atoms with van der Waals surface area (Å²) in [6, 6.07) is 0. The van der Waals surface area contributed by atoms with Gasteiger partial charge in [0.25, 0.3) is 0 Å². The fourth-order valence-corrected chi connectivity index (χ4v) is 2.60. The van der Waals surface area contributed by atoms with Crippen LogP contribution >= 0.6 is 0 Å². The van der Waals surface area contributed by atoms with Gasteiger partial charge in [0, 0.05) is 12.2 Å². The van der Waals surface area contributed by atoms with Crippen LogP contribution in [0.4, 0.5) is 0 Å². The predicted molar refractivity (Wildman–Crippen MR) is 79.0 cm³/mol. The lowest BCUT2D eigenvalue weighted by Gasteiger charge is -2.17. The van der Waals surface area contributed by atoms with Crippen molar-refractivity contribution in [1.82, 2.24) is 0 Å². The van der Waals surface area contributed by atoms with Crippen LogP contribution in [0.25, 0.3) is 0 Å². The average Bonchev–Trinajstić information content (AvgIpc) is 2.39. The van der Waals surface area contributed by atoms with Crippen LogP contribution in [0.3, 0.4) is 0 Å². The summed E-state index contributed by atoms with van der Waals surface area (Å²) in [5.74, 6) is -1.08. The molecule has 0 aromatic rings. The minimum atomic E-state index is -0.624. The van der Waals surface area contributed by atoms with Crippen molar-refractivity contribution in [2.45, 2.75) is 76.7 Å². The van der Waals surface area contributed by atoms with Gasteiger partial charge in [-0.2, -0.15) is 0 Å². The van der Waals surface area contributed by atoms with E-state index >= 15 is 0 Å². The van der Waals surface area contributed by atoms with Gasteiger partial charge < -0.3 is 10.5 Å². The number of carbonyl (C=O) groups is 2. The monoisotopic (exact) mass is 281 g/mol. The third-order valence-electron chi connectivity index (χ3n) is 3.72. The van der Waals surface area contributed by atoms with Crippen molar-refractivity contribution in [3.8, 4) is 0 Å². The number of primary amides is 1. The number of hydrogen-bond donors (Lipinski definition) is 1. The van der Waals surface area contributed by atoms with Gasteiger partial charge in [-0.1, -0.05) is 44.9 Å². The van der Waals surface area contributed by atoms with E-state index in [0.29, 0.717) is 0 Å². The van der Waals surface area contributed by atoms with E-state index in [1.165, 1.54) is 44.9 Å². The highest BCUT2D eigenvalue weighted by molar-refractivity contribution is 5.93. The number of nitrogens with two attached hydrogens (primary N) is 1. The standard InChI is InChI=1S/C16H27NO3/c17-15(18)12-13-16(19)20-14-10-8-6-4-2-1-3-5-7-9-11-14/h12-14H,1-11H2,(H2,17,18)/b13-12-. The third-order valence-corrected chi connectivity index (χ3v) is 3.72. The Bertz CT molecular complexity index is 314. The summed E-state index contributed by atoms with van der Waals surface area (Å²) in [6.45, 7) is 0. The summed E-state index contributed by atoms with van der Waals surface area (Å²) in [5.41, 5.74) is 4.96. The Morgan fingerprint density at radius 3 is 1.70 bits per heavy atom. The molecule has 1 aliphatic rings. The first-order chi connectivity index (χ1) is 9.68. The lowest BCUT2D eigenvalue weighted by Crippen LogP contribution is -2.18. The molecule has 1 rings (SSSR count). The van der Waals surface area contributed by atoms with Gasteiger partial charge in [0.1, 0.15) is 6.10 Å². The molecule has 0 unspecified atom stereocenters.